The molecule has 0 N–H and O–H groups in total. The number of rotatable bonds is 6. The van der Waals surface area contributed by atoms with E-state index in [1.54, 1.807) is 12.1 Å². The van der Waals surface area contributed by atoms with Crippen LogP contribution in [0.3, 0.4) is 0 Å². The van der Waals surface area contributed by atoms with Crippen molar-refractivity contribution in [1.29, 1.82) is 0 Å². The Bertz CT molecular complexity index is 1230. The maximum atomic E-state index is 14.8. The molecule has 0 bridgehead atoms. The third-order valence-electron chi connectivity index (χ3n) is 7.67. The van der Waals surface area contributed by atoms with E-state index in [0.717, 1.165) is 104 Å². The number of halogens is 3. The maximum absolute atomic E-state index is 14.8. The summed E-state index contributed by atoms with van der Waals surface area (Å²) in [5.74, 6) is 0.825. The molecule has 5 heteroatoms. The summed E-state index contributed by atoms with van der Waals surface area (Å²) >= 11 is 0. The van der Waals surface area contributed by atoms with E-state index in [-0.39, 0.29) is 10.8 Å². The molecule has 5 rings (SSSR count). The number of benzene rings is 2. The molecule has 0 amide bonds. The molecule has 182 valence electrons. The minimum atomic E-state index is -4.47. The number of unbranched alkanes of at least 4 members (excludes halogenated alkanes) is 2. The summed E-state index contributed by atoms with van der Waals surface area (Å²) < 4.78 is 51.0. The average Bonchev–Trinajstić information content (AvgIpc) is 2.81. The molecule has 0 saturated heterocycles. The van der Waals surface area contributed by atoms with Gasteiger partial charge in [0.25, 0.3) is 0 Å². The van der Waals surface area contributed by atoms with E-state index in [0.29, 0.717) is 17.9 Å². The molecule has 0 saturated carbocycles. The van der Waals surface area contributed by atoms with Gasteiger partial charge in [0.05, 0.1) is 5.57 Å². The summed E-state index contributed by atoms with van der Waals surface area (Å²) in [7, 11) is 0. The second-order valence-electron chi connectivity index (χ2n) is 9.99. The predicted octanol–water partition coefficient (Wildman–Crippen LogP) is 6.35. The third-order valence-corrected chi connectivity index (χ3v) is 7.67. The topological polar surface area (TPSA) is 12.5 Å². The Morgan fingerprint density at radius 3 is 2.38 bits per heavy atom. The molecule has 2 nitrogen and oxygen atoms in total. The fourth-order valence-corrected chi connectivity index (χ4v) is 6.02. The van der Waals surface area contributed by atoms with Crippen molar-refractivity contribution in [1.82, 2.24) is 0 Å². The summed E-state index contributed by atoms with van der Waals surface area (Å²) in [5.41, 5.74) is 4.62. The van der Waals surface area contributed by atoms with Crippen LogP contribution in [0.4, 0.5) is 18.9 Å². The van der Waals surface area contributed by atoms with Crippen molar-refractivity contribution in [2.75, 3.05) is 18.0 Å². The Labute approximate surface area is 200 Å². The molecular formula is C29H34F3NO. The zero-order valence-electron chi connectivity index (χ0n) is 20.3. The first-order chi connectivity index (χ1) is 16.3. The lowest BCUT2D eigenvalue weighted by atomic mass is 9.84. The van der Waals surface area contributed by atoms with E-state index in [4.69, 9.17) is 4.74 Å². The zero-order valence-corrected chi connectivity index (χ0v) is 20.3. The molecule has 0 aliphatic carbocycles. The molecule has 2 aromatic rings. The van der Waals surface area contributed by atoms with Gasteiger partial charge in [0.1, 0.15) is 11.5 Å². The Kier molecular flexibility index (Phi) is 6.16. The summed E-state index contributed by atoms with van der Waals surface area (Å²) in [6.07, 6.45) is 4.25. The van der Waals surface area contributed by atoms with Crippen LogP contribution in [-0.4, -0.2) is 19.3 Å². The van der Waals surface area contributed by atoms with Gasteiger partial charge in [0.2, 0.25) is 0 Å². The molecule has 0 unspecified atom stereocenters. The van der Waals surface area contributed by atoms with Crippen molar-refractivity contribution >= 4 is 17.8 Å². The Hall–Kier alpha value is -2.43. The Morgan fingerprint density at radius 1 is 0.971 bits per heavy atom. The van der Waals surface area contributed by atoms with E-state index in [9.17, 15) is 13.2 Å². The lowest BCUT2D eigenvalue weighted by Crippen LogP contribution is -2.36. The van der Waals surface area contributed by atoms with Gasteiger partial charge in [0, 0.05) is 40.7 Å². The van der Waals surface area contributed by atoms with E-state index in [2.05, 4.69) is 25.3 Å². The van der Waals surface area contributed by atoms with E-state index < -0.39 is 11.7 Å². The van der Waals surface area contributed by atoms with Gasteiger partial charge in [-0.15, -0.1) is 0 Å². The molecule has 2 aromatic carbocycles. The van der Waals surface area contributed by atoms with Gasteiger partial charge in [-0.1, -0.05) is 33.3 Å². The van der Waals surface area contributed by atoms with Crippen molar-refractivity contribution in [3.05, 3.63) is 50.4 Å². The van der Waals surface area contributed by atoms with Crippen LogP contribution in [0.1, 0.15) is 80.2 Å². The fourth-order valence-electron chi connectivity index (χ4n) is 6.02. The summed E-state index contributed by atoms with van der Waals surface area (Å²) in [6, 6.07) is 3.51. The van der Waals surface area contributed by atoms with E-state index in [1.807, 2.05) is 0 Å². The van der Waals surface area contributed by atoms with Crippen molar-refractivity contribution in [2.45, 2.75) is 84.2 Å². The lowest BCUT2D eigenvalue weighted by molar-refractivity contribution is -0.0698. The highest BCUT2D eigenvalue weighted by molar-refractivity contribution is 5.84. The maximum Gasteiger partial charge on any atom is 0.417 e. The summed E-state index contributed by atoms with van der Waals surface area (Å²) in [6.45, 7) is 10.5. The first kappa shape index (κ1) is 23.3. The van der Waals surface area contributed by atoms with Crippen LogP contribution in [0.5, 0.6) is 11.5 Å². The number of aryl methyl sites for hydroxylation is 2. The molecule has 3 aliphatic rings. The molecule has 0 fully saturated rings. The minimum absolute atomic E-state index is 0.209. The number of nitrogens with zero attached hydrogens (tertiary/aromatic N) is 1. The highest BCUT2D eigenvalue weighted by atomic mass is 19.4. The Morgan fingerprint density at radius 2 is 1.68 bits per heavy atom. The highest BCUT2D eigenvalue weighted by Crippen LogP contribution is 2.50. The number of hydrogen-bond donors (Lipinski definition) is 0. The van der Waals surface area contributed by atoms with Gasteiger partial charge in [-0.2, -0.15) is 13.2 Å². The third kappa shape index (κ3) is 3.81. The van der Waals surface area contributed by atoms with Crippen LogP contribution >= 0.6 is 0 Å². The minimum Gasteiger partial charge on any atom is -0.455 e. The first-order valence-corrected chi connectivity index (χ1v) is 12.9. The molecular weight excluding hydrogens is 435 g/mol. The largest absolute Gasteiger partial charge is 0.455 e. The van der Waals surface area contributed by atoms with Crippen LogP contribution in [0.15, 0.2) is 12.1 Å². The average molecular weight is 470 g/mol. The predicted molar refractivity (Wildman–Crippen MR) is 132 cm³/mol. The van der Waals surface area contributed by atoms with Crippen LogP contribution < -0.4 is 20.1 Å². The van der Waals surface area contributed by atoms with Crippen LogP contribution in [-0.2, 0) is 25.7 Å². The summed E-state index contributed by atoms with van der Waals surface area (Å²) in [4.78, 5) is 2.35. The highest BCUT2D eigenvalue weighted by Gasteiger charge is 2.42. The Balaban J connectivity index is 1.85. The van der Waals surface area contributed by atoms with Gasteiger partial charge in [-0.3, -0.25) is 0 Å². The van der Waals surface area contributed by atoms with Crippen molar-refractivity contribution in [2.24, 2.45) is 0 Å². The number of anilines is 1. The summed E-state index contributed by atoms with van der Waals surface area (Å²) in [5, 5.41) is 1.07. The van der Waals surface area contributed by atoms with E-state index in [1.165, 1.54) is 0 Å². The van der Waals surface area contributed by atoms with Gasteiger partial charge in [-0.05, 0) is 79.8 Å². The van der Waals surface area contributed by atoms with Gasteiger partial charge in [0.15, 0.2) is 0 Å². The monoisotopic (exact) mass is 469 g/mol. The molecule has 3 heterocycles. The van der Waals surface area contributed by atoms with Crippen molar-refractivity contribution in [3.8, 4) is 11.5 Å². The van der Waals surface area contributed by atoms with Crippen molar-refractivity contribution < 1.29 is 17.9 Å². The van der Waals surface area contributed by atoms with Crippen LogP contribution in [0.25, 0.3) is 12.2 Å². The molecule has 0 atom stereocenters. The van der Waals surface area contributed by atoms with Crippen LogP contribution in [0.2, 0.25) is 0 Å². The second-order valence-corrected chi connectivity index (χ2v) is 9.99. The quantitative estimate of drug-likeness (QED) is 0.489. The number of alkyl halides is 3. The molecule has 34 heavy (non-hydrogen) atoms. The lowest BCUT2D eigenvalue weighted by Gasteiger charge is -2.39. The molecule has 0 radical (unpaired) electrons. The first-order valence-electron chi connectivity index (χ1n) is 12.9. The molecule has 3 aliphatic heterocycles. The zero-order chi connectivity index (χ0) is 24.0. The van der Waals surface area contributed by atoms with Gasteiger partial charge in [-0.25, -0.2) is 0 Å². The molecule has 0 aromatic heterocycles. The smallest absolute Gasteiger partial charge is 0.417 e. The normalized spacial score (nSPS) is 16.6. The van der Waals surface area contributed by atoms with Gasteiger partial charge >= 0.3 is 6.18 Å². The fraction of sp³-hybridized carbons (Fsp3) is 0.517. The van der Waals surface area contributed by atoms with Crippen LogP contribution in [0, 0.1) is 0 Å². The number of ether oxygens (including phenoxy) is 1. The van der Waals surface area contributed by atoms with E-state index >= 15 is 0 Å². The number of hydrogen-bond acceptors (Lipinski definition) is 2. The van der Waals surface area contributed by atoms with Crippen molar-refractivity contribution in [3.63, 3.8) is 0 Å². The SMILES string of the molecule is C=c1c(CCCC)cc2c(c1CCCC)Oc1c(cc3c4c1CCCN4CCC3)C=2C(F)(F)F. The number of fused-ring (bicyclic) bond motifs is 3. The molecule has 0 spiro atoms. The van der Waals surface area contributed by atoms with Gasteiger partial charge < -0.3 is 9.64 Å². The standard InChI is InChI=1S/C29H34F3NO/c1-4-6-10-19-16-23-25(29(30,31)32)24-17-20-11-8-14-33-15-9-13-22(26(20)33)28(24)34-27(23)21(18(19)3)12-7-5-2/h16-17H,3-15H2,1-2H3. The second kappa shape index (κ2) is 8.98.